The van der Waals surface area contributed by atoms with Gasteiger partial charge in [-0.2, -0.15) is 0 Å². The average molecular weight is 345 g/mol. The summed E-state index contributed by atoms with van der Waals surface area (Å²) in [6, 6.07) is 10.3. The van der Waals surface area contributed by atoms with Crippen molar-refractivity contribution in [1.29, 1.82) is 0 Å². The summed E-state index contributed by atoms with van der Waals surface area (Å²) in [4.78, 5) is 0. The number of ether oxygens (including phenoxy) is 1. The largest absolute Gasteiger partial charge is 0.494 e. The molecular formula is C14H12BrClFNO. The molecule has 0 saturated heterocycles. The molecule has 0 fully saturated rings. The van der Waals surface area contributed by atoms with E-state index in [4.69, 9.17) is 16.3 Å². The molecular weight excluding hydrogens is 333 g/mol. The standard InChI is InChI=1S/C14H12BrClFNO/c1-19-14-5-3-11(7-13(14)17)18-8-9-6-10(16)2-4-12(9)15/h2-7,18H,8H2,1H3. The molecule has 0 spiro atoms. The van der Waals surface area contributed by atoms with Crippen LogP contribution in [0.15, 0.2) is 40.9 Å². The fourth-order valence-electron chi connectivity index (χ4n) is 1.65. The Kier molecular flexibility index (Phi) is 4.66. The highest BCUT2D eigenvalue weighted by atomic mass is 79.9. The SMILES string of the molecule is COc1ccc(NCc2cc(Cl)ccc2Br)cc1F. The quantitative estimate of drug-likeness (QED) is 0.855. The highest BCUT2D eigenvalue weighted by Gasteiger charge is 2.05. The summed E-state index contributed by atoms with van der Waals surface area (Å²) in [6.45, 7) is 0.549. The van der Waals surface area contributed by atoms with Gasteiger partial charge in [-0.15, -0.1) is 0 Å². The van der Waals surface area contributed by atoms with Gasteiger partial charge < -0.3 is 10.1 Å². The van der Waals surface area contributed by atoms with Crippen molar-refractivity contribution >= 4 is 33.2 Å². The van der Waals surface area contributed by atoms with Gasteiger partial charge in [-0.25, -0.2) is 4.39 Å². The lowest BCUT2D eigenvalue weighted by Gasteiger charge is -2.10. The fourth-order valence-corrected chi connectivity index (χ4v) is 2.23. The fraction of sp³-hybridized carbons (Fsp3) is 0.143. The van der Waals surface area contributed by atoms with Crippen LogP contribution in [0.5, 0.6) is 5.75 Å². The van der Waals surface area contributed by atoms with Gasteiger partial charge in [-0.3, -0.25) is 0 Å². The highest BCUT2D eigenvalue weighted by molar-refractivity contribution is 9.10. The van der Waals surface area contributed by atoms with Gasteiger partial charge in [0.25, 0.3) is 0 Å². The van der Waals surface area contributed by atoms with E-state index < -0.39 is 5.82 Å². The van der Waals surface area contributed by atoms with Gasteiger partial charge in [0.05, 0.1) is 7.11 Å². The van der Waals surface area contributed by atoms with Crippen LogP contribution in [0.4, 0.5) is 10.1 Å². The Morgan fingerprint density at radius 3 is 2.74 bits per heavy atom. The smallest absolute Gasteiger partial charge is 0.167 e. The zero-order valence-electron chi connectivity index (χ0n) is 10.2. The van der Waals surface area contributed by atoms with E-state index in [-0.39, 0.29) is 5.75 Å². The minimum absolute atomic E-state index is 0.231. The molecule has 1 N–H and O–H groups in total. The van der Waals surface area contributed by atoms with Crippen molar-refractivity contribution in [1.82, 2.24) is 0 Å². The molecule has 19 heavy (non-hydrogen) atoms. The van der Waals surface area contributed by atoms with Crippen LogP contribution in [-0.4, -0.2) is 7.11 Å². The monoisotopic (exact) mass is 343 g/mol. The van der Waals surface area contributed by atoms with Crippen molar-refractivity contribution in [3.63, 3.8) is 0 Å². The zero-order chi connectivity index (χ0) is 13.8. The van der Waals surface area contributed by atoms with Gasteiger partial charge in [0, 0.05) is 27.8 Å². The molecule has 0 unspecified atom stereocenters. The Bertz CT molecular complexity index is 592. The lowest BCUT2D eigenvalue weighted by molar-refractivity contribution is 0.386. The molecule has 0 heterocycles. The molecule has 0 bridgehead atoms. The highest BCUT2D eigenvalue weighted by Crippen LogP contribution is 2.24. The van der Waals surface area contributed by atoms with Gasteiger partial charge in [0.1, 0.15) is 0 Å². The second-order valence-corrected chi connectivity index (χ2v) is 5.23. The van der Waals surface area contributed by atoms with Crippen LogP contribution >= 0.6 is 27.5 Å². The third kappa shape index (κ3) is 3.61. The van der Waals surface area contributed by atoms with E-state index in [0.29, 0.717) is 17.3 Å². The van der Waals surface area contributed by atoms with Crippen molar-refractivity contribution in [3.8, 4) is 5.75 Å². The Morgan fingerprint density at radius 1 is 1.26 bits per heavy atom. The van der Waals surface area contributed by atoms with E-state index >= 15 is 0 Å². The van der Waals surface area contributed by atoms with E-state index in [1.165, 1.54) is 13.2 Å². The van der Waals surface area contributed by atoms with Gasteiger partial charge in [-0.05, 0) is 35.9 Å². The first-order valence-electron chi connectivity index (χ1n) is 5.61. The Hall–Kier alpha value is -1.26. The number of halogens is 3. The maximum Gasteiger partial charge on any atom is 0.167 e. The van der Waals surface area contributed by atoms with Crippen LogP contribution < -0.4 is 10.1 Å². The first kappa shape index (κ1) is 14.2. The summed E-state index contributed by atoms with van der Waals surface area (Å²) in [5.74, 6) is -0.160. The first-order chi connectivity index (χ1) is 9.10. The first-order valence-corrected chi connectivity index (χ1v) is 6.78. The van der Waals surface area contributed by atoms with Crippen LogP contribution in [0.3, 0.4) is 0 Å². The van der Waals surface area contributed by atoms with Gasteiger partial charge in [0.15, 0.2) is 11.6 Å². The number of benzene rings is 2. The van der Waals surface area contributed by atoms with Gasteiger partial charge >= 0.3 is 0 Å². The lowest BCUT2D eigenvalue weighted by atomic mass is 10.2. The Morgan fingerprint density at radius 2 is 2.05 bits per heavy atom. The molecule has 0 aromatic heterocycles. The molecule has 0 amide bonds. The van der Waals surface area contributed by atoms with Crippen LogP contribution in [0.2, 0.25) is 5.02 Å². The van der Waals surface area contributed by atoms with Crippen molar-refractivity contribution in [2.24, 2.45) is 0 Å². The third-order valence-corrected chi connectivity index (χ3v) is 3.65. The van der Waals surface area contributed by atoms with Crippen molar-refractivity contribution in [3.05, 3.63) is 57.3 Å². The summed E-state index contributed by atoms with van der Waals surface area (Å²) in [6.07, 6.45) is 0. The minimum Gasteiger partial charge on any atom is -0.494 e. The molecule has 0 aliphatic rings. The number of nitrogens with one attached hydrogen (secondary N) is 1. The predicted molar refractivity (Wildman–Crippen MR) is 79.4 cm³/mol. The second-order valence-electron chi connectivity index (χ2n) is 3.94. The molecule has 0 aliphatic heterocycles. The van der Waals surface area contributed by atoms with Crippen LogP contribution in [0, 0.1) is 5.82 Å². The minimum atomic E-state index is -0.391. The molecule has 0 aliphatic carbocycles. The molecule has 2 nitrogen and oxygen atoms in total. The number of anilines is 1. The van der Waals surface area contributed by atoms with E-state index in [0.717, 1.165) is 10.0 Å². The molecule has 2 aromatic rings. The Balaban J connectivity index is 2.10. The molecule has 5 heteroatoms. The van der Waals surface area contributed by atoms with Crippen molar-refractivity contribution in [2.45, 2.75) is 6.54 Å². The molecule has 0 radical (unpaired) electrons. The number of hydrogen-bond donors (Lipinski definition) is 1. The summed E-state index contributed by atoms with van der Waals surface area (Å²) >= 11 is 9.39. The second kappa shape index (κ2) is 6.26. The summed E-state index contributed by atoms with van der Waals surface area (Å²) < 4.78 is 19.4. The summed E-state index contributed by atoms with van der Waals surface area (Å²) in [5.41, 5.74) is 1.69. The van der Waals surface area contributed by atoms with Crippen molar-refractivity contribution in [2.75, 3.05) is 12.4 Å². The molecule has 100 valence electrons. The van der Waals surface area contributed by atoms with Gasteiger partial charge in [0.2, 0.25) is 0 Å². The molecule has 2 rings (SSSR count). The van der Waals surface area contributed by atoms with E-state index in [2.05, 4.69) is 21.2 Å². The normalized spacial score (nSPS) is 10.3. The van der Waals surface area contributed by atoms with Crippen LogP contribution in [0.1, 0.15) is 5.56 Å². The van der Waals surface area contributed by atoms with Crippen molar-refractivity contribution < 1.29 is 9.13 Å². The van der Waals surface area contributed by atoms with E-state index in [1.54, 1.807) is 12.1 Å². The van der Waals surface area contributed by atoms with Gasteiger partial charge in [-0.1, -0.05) is 27.5 Å². The predicted octanol–water partition coefficient (Wildman–Crippen LogP) is 4.86. The third-order valence-electron chi connectivity index (χ3n) is 2.64. The summed E-state index contributed by atoms with van der Waals surface area (Å²) in [5, 5.41) is 3.80. The van der Waals surface area contributed by atoms with E-state index in [1.807, 2.05) is 18.2 Å². The number of methoxy groups -OCH3 is 1. The number of rotatable bonds is 4. The Labute approximate surface area is 124 Å². The zero-order valence-corrected chi connectivity index (χ0v) is 12.6. The number of hydrogen-bond acceptors (Lipinski definition) is 2. The molecule has 0 saturated carbocycles. The van der Waals surface area contributed by atoms with E-state index in [9.17, 15) is 4.39 Å². The topological polar surface area (TPSA) is 21.3 Å². The van der Waals surface area contributed by atoms with Crippen LogP contribution in [0.25, 0.3) is 0 Å². The molecule has 0 atom stereocenters. The lowest BCUT2D eigenvalue weighted by Crippen LogP contribution is -2.01. The maximum absolute atomic E-state index is 13.5. The molecule has 2 aromatic carbocycles. The van der Waals surface area contributed by atoms with Crippen LogP contribution in [-0.2, 0) is 6.54 Å². The average Bonchev–Trinajstić information content (AvgIpc) is 2.40. The maximum atomic E-state index is 13.5. The summed E-state index contributed by atoms with van der Waals surface area (Å²) in [7, 11) is 1.44.